The Morgan fingerprint density at radius 2 is 1.63 bits per heavy atom. The van der Waals surface area contributed by atoms with Crippen molar-refractivity contribution in [1.82, 2.24) is 20.3 Å². The van der Waals surface area contributed by atoms with Crippen molar-refractivity contribution < 1.29 is 47.8 Å². The lowest BCUT2D eigenvalue weighted by atomic mass is 10.0. The molecule has 1 aromatic heterocycles. The van der Waals surface area contributed by atoms with Crippen LogP contribution in [0.3, 0.4) is 0 Å². The molecule has 0 aliphatic carbocycles. The highest BCUT2D eigenvalue weighted by molar-refractivity contribution is 5.81. The molecule has 1 aliphatic rings. The number of aromatic nitrogens is 1. The molecule has 0 spiro atoms. The van der Waals surface area contributed by atoms with Crippen LogP contribution in [0.5, 0.6) is 5.75 Å². The van der Waals surface area contributed by atoms with Gasteiger partial charge in [-0.25, -0.2) is 24.4 Å². The maximum absolute atomic E-state index is 13.0. The van der Waals surface area contributed by atoms with E-state index < -0.39 is 35.8 Å². The number of oxazole rings is 1. The third-order valence-electron chi connectivity index (χ3n) is 9.05. The summed E-state index contributed by atoms with van der Waals surface area (Å²) in [6, 6.07) is 25.0. The van der Waals surface area contributed by atoms with E-state index in [-0.39, 0.29) is 18.6 Å². The minimum absolute atomic E-state index is 0.0832. The molecule has 0 radical (unpaired) electrons. The lowest BCUT2D eigenvalue weighted by Crippen LogP contribution is -2.42. The maximum Gasteiger partial charge on any atom is 0.411 e. The molecule has 1 fully saturated rings. The van der Waals surface area contributed by atoms with Crippen molar-refractivity contribution >= 4 is 24.1 Å². The number of carbonyl (C=O) groups is 4. The largest absolute Gasteiger partial charge is 0.493 e. The maximum atomic E-state index is 13.0. The monoisotopic (exact) mass is 786 g/mol. The Balaban J connectivity index is 0.000000339. The molecule has 4 aromatic rings. The Hall–Kier alpha value is -5.89. The van der Waals surface area contributed by atoms with E-state index in [2.05, 4.69) is 10.3 Å². The molecule has 14 nitrogen and oxygen atoms in total. The number of hydroxylamine groups is 2. The average molecular weight is 787 g/mol. The number of hydrogen-bond acceptors (Lipinski definition) is 10. The van der Waals surface area contributed by atoms with E-state index in [0.29, 0.717) is 50.4 Å². The first-order valence-electron chi connectivity index (χ1n) is 18.9. The second-order valence-corrected chi connectivity index (χ2v) is 14.6. The van der Waals surface area contributed by atoms with Crippen LogP contribution < -0.4 is 10.1 Å². The summed E-state index contributed by atoms with van der Waals surface area (Å²) in [6.45, 7) is 9.62. The smallest absolute Gasteiger partial charge is 0.411 e. The van der Waals surface area contributed by atoms with Crippen molar-refractivity contribution in [2.24, 2.45) is 0 Å². The van der Waals surface area contributed by atoms with Gasteiger partial charge < -0.3 is 29.1 Å². The number of aliphatic carboxylic acids is 1. The number of nitrogens with one attached hydrogen (secondary N) is 1. The number of amides is 3. The van der Waals surface area contributed by atoms with Crippen LogP contribution in [0.25, 0.3) is 11.5 Å². The molecular formula is C43H54N4O10. The Labute approximate surface area is 334 Å². The predicted molar refractivity (Wildman–Crippen MR) is 212 cm³/mol. The second-order valence-electron chi connectivity index (χ2n) is 14.6. The zero-order valence-electron chi connectivity index (χ0n) is 33.7. The number of hydrogen-bond donors (Lipinski definition) is 2. The van der Waals surface area contributed by atoms with E-state index in [9.17, 15) is 24.3 Å². The Morgan fingerprint density at radius 1 is 0.982 bits per heavy atom. The molecule has 306 valence electrons. The zero-order valence-corrected chi connectivity index (χ0v) is 33.7. The van der Waals surface area contributed by atoms with Crippen molar-refractivity contribution in [1.29, 1.82) is 0 Å². The van der Waals surface area contributed by atoms with Gasteiger partial charge in [0.1, 0.15) is 29.8 Å². The molecule has 2 N–H and O–H groups in total. The number of aryl methyl sites for hydroxylation is 1. The van der Waals surface area contributed by atoms with Crippen LogP contribution in [0.1, 0.15) is 82.0 Å². The Morgan fingerprint density at radius 3 is 2.25 bits per heavy atom. The number of alkyl carbamates (subject to hydrolysis) is 1. The van der Waals surface area contributed by atoms with Gasteiger partial charge in [-0.1, -0.05) is 60.7 Å². The lowest BCUT2D eigenvalue weighted by molar-refractivity contribution is -0.168. The summed E-state index contributed by atoms with van der Waals surface area (Å²) in [7, 11) is 2.98. The summed E-state index contributed by atoms with van der Waals surface area (Å²) in [5.41, 5.74) is 2.93. The quantitative estimate of drug-likeness (QED) is 0.119. The van der Waals surface area contributed by atoms with Crippen molar-refractivity contribution in [3.05, 3.63) is 108 Å². The standard InChI is InChI=1S/C31H30N2O6.C12H24N2O4/c1-21-26(32-29(39-21)24-10-6-3-7-11-24)18-19-37-25-14-12-23(13-15-25)27-16-17-28(30(34)35)33(27)31(36)38-20-22-8-4-2-5-9-22;1-9(7-8-10(15)14(5)17-6)13-11(16)18-12(2,3)4/h2-15,27-28H,16-20H2,1H3,(H,34,35);9H,7-8H2,1-6H3,(H,13,16)/t27-,28-;9-/m10/s1. The fraction of sp³-hybridized carbons (Fsp3) is 0.419. The van der Waals surface area contributed by atoms with Gasteiger partial charge in [-0.3, -0.25) is 14.5 Å². The lowest BCUT2D eigenvalue weighted by Gasteiger charge is -2.28. The van der Waals surface area contributed by atoms with E-state index in [0.717, 1.165) is 28.1 Å². The fourth-order valence-electron chi connectivity index (χ4n) is 6.03. The number of carboxylic acid groups (broad SMARTS) is 1. The highest BCUT2D eigenvalue weighted by Gasteiger charge is 2.42. The first-order chi connectivity index (χ1) is 27.1. The molecule has 57 heavy (non-hydrogen) atoms. The normalized spacial score (nSPS) is 15.5. The van der Waals surface area contributed by atoms with Crippen LogP contribution in [0.2, 0.25) is 0 Å². The molecule has 0 bridgehead atoms. The van der Waals surface area contributed by atoms with Crippen LogP contribution in [-0.4, -0.2) is 82.6 Å². The van der Waals surface area contributed by atoms with Crippen molar-refractivity contribution in [2.75, 3.05) is 20.8 Å². The van der Waals surface area contributed by atoms with E-state index in [1.54, 1.807) is 27.8 Å². The van der Waals surface area contributed by atoms with Gasteiger partial charge in [0, 0.05) is 31.5 Å². The molecule has 5 rings (SSSR count). The number of carboxylic acids is 1. The van der Waals surface area contributed by atoms with E-state index in [1.807, 2.05) is 98.8 Å². The minimum atomic E-state index is -1.03. The van der Waals surface area contributed by atoms with Crippen LogP contribution in [0, 0.1) is 6.92 Å². The predicted octanol–water partition coefficient (Wildman–Crippen LogP) is 7.90. The molecular weight excluding hydrogens is 732 g/mol. The van der Waals surface area contributed by atoms with Crippen molar-refractivity contribution in [3.63, 3.8) is 0 Å². The molecule has 14 heteroatoms. The van der Waals surface area contributed by atoms with Gasteiger partial charge in [-0.15, -0.1) is 0 Å². The average Bonchev–Trinajstić information content (AvgIpc) is 3.80. The number of nitrogens with zero attached hydrogens (tertiary/aromatic N) is 3. The third kappa shape index (κ3) is 13.7. The summed E-state index contributed by atoms with van der Waals surface area (Å²) >= 11 is 0. The van der Waals surface area contributed by atoms with Gasteiger partial charge >= 0.3 is 18.2 Å². The second kappa shape index (κ2) is 20.9. The molecule has 3 atom stereocenters. The molecule has 3 aromatic carbocycles. The van der Waals surface area contributed by atoms with E-state index >= 15 is 0 Å². The molecule has 0 unspecified atom stereocenters. The number of benzene rings is 3. The van der Waals surface area contributed by atoms with Crippen LogP contribution >= 0.6 is 0 Å². The molecule has 1 saturated heterocycles. The highest BCUT2D eigenvalue weighted by Crippen LogP contribution is 2.37. The van der Waals surface area contributed by atoms with Gasteiger partial charge in [0.25, 0.3) is 0 Å². The van der Waals surface area contributed by atoms with Gasteiger partial charge in [-0.2, -0.15) is 0 Å². The number of likely N-dealkylation sites (tertiary alicyclic amines) is 1. The Bertz CT molecular complexity index is 1890. The van der Waals surface area contributed by atoms with Crippen LogP contribution in [0.15, 0.2) is 89.3 Å². The van der Waals surface area contributed by atoms with Gasteiger partial charge in [0.2, 0.25) is 11.8 Å². The van der Waals surface area contributed by atoms with E-state index in [4.69, 9.17) is 23.5 Å². The van der Waals surface area contributed by atoms with Crippen LogP contribution in [0.4, 0.5) is 9.59 Å². The summed E-state index contributed by atoms with van der Waals surface area (Å²) in [5.74, 6) is 0.869. The minimum Gasteiger partial charge on any atom is -0.493 e. The summed E-state index contributed by atoms with van der Waals surface area (Å²) in [4.78, 5) is 58.5. The molecule has 2 heterocycles. The summed E-state index contributed by atoms with van der Waals surface area (Å²) in [5, 5.41) is 13.6. The fourth-order valence-corrected chi connectivity index (χ4v) is 6.03. The van der Waals surface area contributed by atoms with Crippen LogP contribution in [-0.2, 0) is 36.9 Å². The SMILES string of the molecule is CON(C)C(=O)CC[C@H](C)NC(=O)OC(C)(C)C.Cc1oc(-c2ccccc2)nc1CCOc1ccc([C@H]2CC[C@H](C(=O)O)N2C(=O)OCc2ccccc2)cc1. The van der Waals surface area contributed by atoms with Gasteiger partial charge in [0.05, 0.1) is 25.5 Å². The summed E-state index contributed by atoms with van der Waals surface area (Å²) in [6.07, 6.45) is 1.23. The molecule has 1 aliphatic heterocycles. The topological polar surface area (TPSA) is 170 Å². The number of ether oxygens (including phenoxy) is 3. The molecule has 0 saturated carbocycles. The van der Waals surface area contributed by atoms with Gasteiger partial charge in [0.15, 0.2) is 0 Å². The van der Waals surface area contributed by atoms with E-state index in [1.165, 1.54) is 17.1 Å². The van der Waals surface area contributed by atoms with Crippen molar-refractivity contribution in [3.8, 4) is 17.2 Å². The Kier molecular flexibility index (Phi) is 16.0. The van der Waals surface area contributed by atoms with Crippen molar-refractivity contribution in [2.45, 2.75) is 97.1 Å². The zero-order chi connectivity index (χ0) is 41.5. The first-order valence-corrected chi connectivity index (χ1v) is 18.9. The molecule has 3 amide bonds. The van der Waals surface area contributed by atoms with Gasteiger partial charge in [-0.05, 0) is 89.3 Å². The number of rotatable bonds is 14. The first kappa shape index (κ1) is 43.8. The third-order valence-corrected chi connectivity index (χ3v) is 9.05. The highest BCUT2D eigenvalue weighted by atomic mass is 16.7. The number of carbonyl (C=O) groups excluding carboxylic acids is 3. The summed E-state index contributed by atoms with van der Waals surface area (Å²) < 4.78 is 22.4.